The molecule has 0 bridgehead atoms. The Kier molecular flexibility index (Phi) is 11.8. The van der Waals surface area contributed by atoms with E-state index in [1.165, 1.54) is 6.07 Å². The minimum atomic E-state index is -0.230. The SMILES string of the molecule is CCNC(=NCc1ccc(N(C)C)c(F)c1)NCCOCC.I. The molecule has 2 N–H and O–H groups in total. The molecule has 0 aromatic heterocycles. The van der Waals surface area contributed by atoms with E-state index in [1.54, 1.807) is 11.0 Å². The monoisotopic (exact) mass is 438 g/mol. The van der Waals surface area contributed by atoms with Crippen molar-refractivity contribution in [3.8, 4) is 0 Å². The molecule has 0 spiro atoms. The van der Waals surface area contributed by atoms with Gasteiger partial charge in [0.25, 0.3) is 0 Å². The van der Waals surface area contributed by atoms with Gasteiger partial charge in [-0.3, -0.25) is 0 Å². The van der Waals surface area contributed by atoms with Gasteiger partial charge in [0.2, 0.25) is 0 Å². The van der Waals surface area contributed by atoms with Gasteiger partial charge in [-0.1, -0.05) is 6.07 Å². The Hall–Kier alpha value is -1.09. The molecule has 0 aliphatic heterocycles. The second kappa shape index (κ2) is 12.3. The van der Waals surface area contributed by atoms with Crippen molar-refractivity contribution >= 4 is 35.6 Å². The predicted molar refractivity (Wildman–Crippen MR) is 105 cm³/mol. The lowest BCUT2D eigenvalue weighted by atomic mass is 10.2. The molecule has 0 saturated heterocycles. The Morgan fingerprint density at radius 2 is 2.00 bits per heavy atom. The first-order valence-corrected chi connectivity index (χ1v) is 7.64. The number of nitrogens with zero attached hydrogens (tertiary/aromatic N) is 2. The van der Waals surface area contributed by atoms with Crippen LogP contribution < -0.4 is 15.5 Å². The van der Waals surface area contributed by atoms with Gasteiger partial charge in [-0.2, -0.15) is 0 Å². The Bertz CT molecular complexity index is 483. The highest BCUT2D eigenvalue weighted by atomic mass is 127. The summed E-state index contributed by atoms with van der Waals surface area (Å²) in [5.41, 5.74) is 1.42. The highest BCUT2D eigenvalue weighted by Crippen LogP contribution is 2.18. The summed E-state index contributed by atoms with van der Waals surface area (Å²) in [5, 5.41) is 6.34. The minimum absolute atomic E-state index is 0. The molecule has 5 nitrogen and oxygen atoms in total. The number of anilines is 1. The van der Waals surface area contributed by atoms with Crippen molar-refractivity contribution in [3.63, 3.8) is 0 Å². The van der Waals surface area contributed by atoms with E-state index in [9.17, 15) is 4.39 Å². The van der Waals surface area contributed by atoms with Gasteiger partial charge in [0, 0.05) is 33.8 Å². The Balaban J connectivity index is 0.00000484. The summed E-state index contributed by atoms with van der Waals surface area (Å²) in [6, 6.07) is 5.20. The van der Waals surface area contributed by atoms with E-state index < -0.39 is 0 Å². The van der Waals surface area contributed by atoms with Crippen LogP contribution in [0.1, 0.15) is 19.4 Å². The fourth-order valence-corrected chi connectivity index (χ4v) is 1.91. The molecule has 0 fully saturated rings. The molecule has 132 valence electrons. The van der Waals surface area contributed by atoms with Crippen molar-refractivity contribution in [2.75, 3.05) is 45.3 Å². The Morgan fingerprint density at radius 3 is 2.57 bits per heavy atom. The van der Waals surface area contributed by atoms with Gasteiger partial charge in [-0.05, 0) is 31.5 Å². The number of hydrogen-bond acceptors (Lipinski definition) is 3. The Morgan fingerprint density at radius 1 is 1.26 bits per heavy atom. The van der Waals surface area contributed by atoms with E-state index in [4.69, 9.17) is 4.74 Å². The van der Waals surface area contributed by atoms with Gasteiger partial charge < -0.3 is 20.3 Å². The summed E-state index contributed by atoms with van der Waals surface area (Å²) in [6.07, 6.45) is 0. The third kappa shape index (κ3) is 8.36. The third-order valence-corrected chi connectivity index (χ3v) is 3.00. The zero-order valence-corrected chi connectivity index (χ0v) is 16.7. The van der Waals surface area contributed by atoms with Crippen LogP contribution in [0, 0.1) is 5.82 Å². The first-order chi connectivity index (χ1) is 10.6. The molecule has 7 heteroatoms. The number of nitrogens with one attached hydrogen (secondary N) is 2. The molecule has 23 heavy (non-hydrogen) atoms. The minimum Gasteiger partial charge on any atom is -0.380 e. The number of benzene rings is 1. The van der Waals surface area contributed by atoms with Gasteiger partial charge in [-0.15, -0.1) is 24.0 Å². The lowest BCUT2D eigenvalue weighted by Crippen LogP contribution is -2.39. The van der Waals surface area contributed by atoms with E-state index >= 15 is 0 Å². The van der Waals surface area contributed by atoms with Crippen LogP contribution in [0.5, 0.6) is 0 Å². The van der Waals surface area contributed by atoms with E-state index in [-0.39, 0.29) is 29.8 Å². The average molecular weight is 438 g/mol. The van der Waals surface area contributed by atoms with E-state index in [0.717, 1.165) is 12.1 Å². The maximum Gasteiger partial charge on any atom is 0.191 e. The molecule has 0 radical (unpaired) electrons. The lowest BCUT2D eigenvalue weighted by molar-refractivity contribution is 0.152. The maximum atomic E-state index is 13.9. The zero-order valence-electron chi connectivity index (χ0n) is 14.4. The van der Waals surface area contributed by atoms with Crippen LogP contribution in [0.15, 0.2) is 23.2 Å². The summed E-state index contributed by atoms with van der Waals surface area (Å²) in [7, 11) is 3.64. The highest BCUT2D eigenvalue weighted by molar-refractivity contribution is 14.0. The molecule has 1 rings (SSSR count). The van der Waals surface area contributed by atoms with Crippen molar-refractivity contribution in [1.29, 1.82) is 0 Å². The topological polar surface area (TPSA) is 48.9 Å². The van der Waals surface area contributed by atoms with Crippen LogP contribution in [-0.4, -0.2) is 46.4 Å². The summed E-state index contributed by atoms with van der Waals surface area (Å²) >= 11 is 0. The molecular formula is C16H28FIN4O. The van der Waals surface area contributed by atoms with E-state index in [0.29, 0.717) is 38.0 Å². The van der Waals surface area contributed by atoms with Gasteiger partial charge in [0.1, 0.15) is 5.82 Å². The summed E-state index contributed by atoms with van der Waals surface area (Å²) in [5.74, 6) is 0.478. The van der Waals surface area contributed by atoms with E-state index in [1.807, 2.05) is 34.0 Å². The van der Waals surface area contributed by atoms with Crippen LogP contribution in [0.2, 0.25) is 0 Å². The van der Waals surface area contributed by atoms with Crippen LogP contribution in [-0.2, 0) is 11.3 Å². The number of aliphatic imine (C=N–C) groups is 1. The maximum absolute atomic E-state index is 13.9. The van der Waals surface area contributed by atoms with E-state index in [2.05, 4.69) is 15.6 Å². The molecule has 0 aliphatic carbocycles. The molecule has 1 aromatic carbocycles. The normalized spacial score (nSPS) is 10.9. The Labute approximate surface area is 155 Å². The first kappa shape index (κ1) is 21.9. The highest BCUT2D eigenvalue weighted by Gasteiger charge is 2.05. The second-order valence-corrected chi connectivity index (χ2v) is 5.00. The fourth-order valence-electron chi connectivity index (χ4n) is 1.91. The van der Waals surface area contributed by atoms with Crippen LogP contribution in [0.25, 0.3) is 0 Å². The molecule has 0 unspecified atom stereocenters. The summed E-state index contributed by atoms with van der Waals surface area (Å²) in [4.78, 5) is 6.21. The van der Waals surface area contributed by atoms with Gasteiger partial charge in [0.15, 0.2) is 5.96 Å². The average Bonchev–Trinajstić information content (AvgIpc) is 2.48. The summed E-state index contributed by atoms with van der Waals surface area (Å²) < 4.78 is 19.2. The second-order valence-electron chi connectivity index (χ2n) is 5.00. The smallest absolute Gasteiger partial charge is 0.191 e. The number of halogens is 2. The van der Waals surface area contributed by atoms with Crippen LogP contribution >= 0.6 is 24.0 Å². The summed E-state index contributed by atoms with van der Waals surface area (Å²) in [6.45, 7) is 7.19. The quantitative estimate of drug-likeness (QED) is 0.284. The standard InChI is InChI=1S/C16H27FN4O.HI/c1-5-18-16(19-9-10-22-6-2)20-12-13-7-8-15(21(3)4)14(17)11-13;/h7-8,11H,5-6,9-10,12H2,1-4H3,(H2,18,19,20);1H. The lowest BCUT2D eigenvalue weighted by Gasteiger charge is -2.14. The fraction of sp³-hybridized carbons (Fsp3) is 0.562. The first-order valence-electron chi connectivity index (χ1n) is 7.64. The van der Waals surface area contributed by atoms with Crippen molar-refractivity contribution in [2.45, 2.75) is 20.4 Å². The van der Waals surface area contributed by atoms with Crippen molar-refractivity contribution in [1.82, 2.24) is 10.6 Å². The molecule has 0 saturated carbocycles. The molecule has 0 amide bonds. The van der Waals surface area contributed by atoms with Crippen LogP contribution in [0.3, 0.4) is 0 Å². The molecule has 0 aliphatic rings. The van der Waals surface area contributed by atoms with Crippen molar-refractivity contribution < 1.29 is 9.13 Å². The largest absolute Gasteiger partial charge is 0.380 e. The molecule has 1 aromatic rings. The van der Waals surface area contributed by atoms with Crippen molar-refractivity contribution in [2.24, 2.45) is 4.99 Å². The molecule has 0 heterocycles. The predicted octanol–water partition coefficient (Wildman–Crippen LogP) is 2.60. The van der Waals surface area contributed by atoms with Gasteiger partial charge in [-0.25, -0.2) is 9.38 Å². The van der Waals surface area contributed by atoms with Crippen molar-refractivity contribution in [3.05, 3.63) is 29.6 Å². The van der Waals surface area contributed by atoms with Gasteiger partial charge >= 0.3 is 0 Å². The number of ether oxygens (including phenoxy) is 1. The van der Waals surface area contributed by atoms with Gasteiger partial charge in [0.05, 0.1) is 18.8 Å². The molecule has 0 atom stereocenters. The number of rotatable bonds is 8. The van der Waals surface area contributed by atoms with Crippen LogP contribution in [0.4, 0.5) is 10.1 Å². The number of guanidine groups is 1. The number of hydrogen-bond donors (Lipinski definition) is 2. The third-order valence-electron chi connectivity index (χ3n) is 3.00. The molecular weight excluding hydrogens is 410 g/mol. The zero-order chi connectivity index (χ0) is 16.4.